The molecule has 8 heteroatoms. The number of fused-ring (bicyclic) bond motifs is 1. The average molecular weight is 412 g/mol. The SMILES string of the molecule is O=C(O[C@@H]1Cc2ccc(O)c(O)c2O[C@H]1c1ccc(O)c(O)c1)c1ccc(F)cc1. The summed E-state index contributed by atoms with van der Waals surface area (Å²) >= 11 is 0. The molecular formula is C22H17FO7. The van der Waals surface area contributed by atoms with Gasteiger partial charge in [-0.25, -0.2) is 9.18 Å². The number of carbonyl (C=O) groups is 1. The summed E-state index contributed by atoms with van der Waals surface area (Å²) in [6.45, 7) is 0. The van der Waals surface area contributed by atoms with Gasteiger partial charge in [0.05, 0.1) is 5.56 Å². The number of hydrogen-bond acceptors (Lipinski definition) is 7. The third-order valence-electron chi connectivity index (χ3n) is 4.86. The van der Waals surface area contributed by atoms with Crippen LogP contribution in [0.5, 0.6) is 28.7 Å². The fourth-order valence-electron chi connectivity index (χ4n) is 3.32. The Bertz CT molecular complexity index is 1110. The van der Waals surface area contributed by atoms with E-state index < -0.39 is 35.5 Å². The first-order valence-corrected chi connectivity index (χ1v) is 9.02. The van der Waals surface area contributed by atoms with Crippen molar-refractivity contribution in [3.63, 3.8) is 0 Å². The number of phenolic OH excluding ortho intramolecular Hbond substituents is 4. The summed E-state index contributed by atoms with van der Waals surface area (Å²) in [4.78, 5) is 12.6. The number of ether oxygens (including phenoxy) is 2. The monoisotopic (exact) mass is 412 g/mol. The molecule has 4 N–H and O–H groups in total. The summed E-state index contributed by atoms with van der Waals surface area (Å²) in [5.74, 6) is -2.73. The van der Waals surface area contributed by atoms with Crippen LogP contribution in [0, 0.1) is 5.82 Å². The van der Waals surface area contributed by atoms with Crippen molar-refractivity contribution in [3.05, 3.63) is 77.1 Å². The van der Waals surface area contributed by atoms with Gasteiger partial charge in [0.2, 0.25) is 5.75 Å². The van der Waals surface area contributed by atoms with E-state index in [2.05, 4.69) is 0 Å². The molecule has 0 saturated carbocycles. The number of esters is 1. The van der Waals surface area contributed by atoms with Crippen LogP contribution in [0.1, 0.15) is 27.6 Å². The highest BCUT2D eigenvalue weighted by Crippen LogP contribution is 2.46. The van der Waals surface area contributed by atoms with Gasteiger partial charge in [-0.3, -0.25) is 0 Å². The van der Waals surface area contributed by atoms with E-state index in [0.717, 1.165) is 12.1 Å². The standard InChI is InChI=1S/C22H17FO7/c23-14-5-1-11(2-6-14)22(28)29-18-10-13-4-8-16(25)19(27)21(13)30-20(18)12-3-7-15(24)17(26)9-12/h1-9,18,20,24-27H,10H2/t18-,20+/m1/s1. The minimum Gasteiger partial charge on any atom is -0.504 e. The van der Waals surface area contributed by atoms with Gasteiger partial charge in [-0.2, -0.15) is 0 Å². The highest BCUT2D eigenvalue weighted by molar-refractivity contribution is 5.89. The molecule has 0 bridgehead atoms. The lowest BCUT2D eigenvalue weighted by molar-refractivity contribution is -0.0192. The molecule has 3 aromatic carbocycles. The quantitative estimate of drug-likeness (QED) is 0.384. The van der Waals surface area contributed by atoms with Crippen molar-refractivity contribution in [2.45, 2.75) is 18.6 Å². The van der Waals surface area contributed by atoms with Gasteiger partial charge in [0.25, 0.3) is 0 Å². The fourth-order valence-corrected chi connectivity index (χ4v) is 3.32. The summed E-state index contributed by atoms with van der Waals surface area (Å²) in [6, 6.07) is 11.7. The maximum atomic E-state index is 13.1. The Morgan fingerprint density at radius 1 is 0.933 bits per heavy atom. The van der Waals surface area contributed by atoms with Crippen LogP contribution in [0.4, 0.5) is 4.39 Å². The van der Waals surface area contributed by atoms with E-state index in [9.17, 15) is 29.6 Å². The van der Waals surface area contributed by atoms with Gasteiger partial charge in [0, 0.05) is 17.5 Å². The highest BCUT2D eigenvalue weighted by Gasteiger charge is 2.37. The molecule has 0 fully saturated rings. The molecule has 2 atom stereocenters. The molecule has 30 heavy (non-hydrogen) atoms. The Labute approximate surface area is 170 Å². The van der Waals surface area contributed by atoms with Crippen molar-refractivity contribution < 1.29 is 39.1 Å². The van der Waals surface area contributed by atoms with Crippen LogP contribution in [0.2, 0.25) is 0 Å². The molecule has 0 unspecified atom stereocenters. The van der Waals surface area contributed by atoms with E-state index in [-0.39, 0.29) is 29.2 Å². The number of carbonyl (C=O) groups excluding carboxylic acids is 1. The Kier molecular flexibility index (Phi) is 4.83. The second kappa shape index (κ2) is 7.47. The van der Waals surface area contributed by atoms with Gasteiger partial charge in [0.1, 0.15) is 11.9 Å². The van der Waals surface area contributed by atoms with Crippen LogP contribution in [0.25, 0.3) is 0 Å². The fraction of sp³-hybridized carbons (Fsp3) is 0.136. The summed E-state index contributed by atoms with van der Waals surface area (Å²) in [7, 11) is 0. The van der Waals surface area contributed by atoms with Crippen molar-refractivity contribution in [1.82, 2.24) is 0 Å². The summed E-state index contributed by atoms with van der Waals surface area (Å²) in [5, 5.41) is 39.4. The second-order valence-electron chi connectivity index (χ2n) is 6.86. The van der Waals surface area contributed by atoms with Crippen LogP contribution >= 0.6 is 0 Å². The third kappa shape index (κ3) is 3.55. The number of phenols is 4. The molecule has 3 aromatic rings. The molecule has 0 saturated heterocycles. The molecule has 1 heterocycles. The predicted octanol–water partition coefficient (Wildman–Crippen LogP) is 3.55. The normalized spacial score (nSPS) is 17.6. The Morgan fingerprint density at radius 2 is 1.63 bits per heavy atom. The van der Waals surface area contributed by atoms with E-state index >= 15 is 0 Å². The molecule has 0 spiro atoms. The number of halogens is 1. The molecule has 0 aromatic heterocycles. The zero-order valence-electron chi connectivity index (χ0n) is 15.4. The van der Waals surface area contributed by atoms with Crippen LogP contribution in [-0.4, -0.2) is 32.5 Å². The van der Waals surface area contributed by atoms with Crippen LogP contribution < -0.4 is 4.74 Å². The number of hydrogen-bond donors (Lipinski definition) is 4. The van der Waals surface area contributed by atoms with Crippen LogP contribution in [0.3, 0.4) is 0 Å². The maximum absolute atomic E-state index is 13.1. The predicted molar refractivity (Wildman–Crippen MR) is 102 cm³/mol. The first-order valence-electron chi connectivity index (χ1n) is 9.02. The number of rotatable bonds is 3. The third-order valence-corrected chi connectivity index (χ3v) is 4.86. The van der Waals surface area contributed by atoms with Gasteiger partial charge >= 0.3 is 5.97 Å². The average Bonchev–Trinajstić information content (AvgIpc) is 2.73. The topological polar surface area (TPSA) is 116 Å². The van der Waals surface area contributed by atoms with E-state index in [1.807, 2.05) is 0 Å². The van der Waals surface area contributed by atoms with Gasteiger partial charge < -0.3 is 29.9 Å². The molecular weight excluding hydrogens is 395 g/mol. The van der Waals surface area contributed by atoms with Crippen LogP contribution in [-0.2, 0) is 11.2 Å². The molecule has 0 radical (unpaired) electrons. The lowest BCUT2D eigenvalue weighted by Crippen LogP contribution is -2.34. The van der Waals surface area contributed by atoms with Crippen molar-refractivity contribution in [1.29, 1.82) is 0 Å². The minimum absolute atomic E-state index is 0.0293. The van der Waals surface area contributed by atoms with Gasteiger partial charge in [-0.05, 0) is 42.5 Å². The molecule has 0 amide bonds. The smallest absolute Gasteiger partial charge is 0.338 e. The van der Waals surface area contributed by atoms with Crippen molar-refractivity contribution in [3.8, 4) is 28.7 Å². The molecule has 0 aliphatic carbocycles. The molecule has 154 valence electrons. The first kappa shape index (κ1) is 19.4. The zero-order valence-corrected chi connectivity index (χ0v) is 15.4. The van der Waals surface area contributed by atoms with Crippen molar-refractivity contribution in [2.75, 3.05) is 0 Å². The maximum Gasteiger partial charge on any atom is 0.338 e. The first-order chi connectivity index (χ1) is 14.3. The molecule has 4 rings (SSSR count). The number of benzene rings is 3. The van der Waals surface area contributed by atoms with E-state index in [1.165, 1.54) is 42.5 Å². The van der Waals surface area contributed by atoms with Crippen LogP contribution in [0.15, 0.2) is 54.6 Å². The minimum atomic E-state index is -0.957. The van der Waals surface area contributed by atoms with E-state index in [1.54, 1.807) is 0 Å². The Balaban J connectivity index is 1.70. The Morgan fingerprint density at radius 3 is 2.33 bits per heavy atom. The largest absolute Gasteiger partial charge is 0.504 e. The lowest BCUT2D eigenvalue weighted by atomic mass is 9.93. The molecule has 1 aliphatic heterocycles. The van der Waals surface area contributed by atoms with Gasteiger partial charge in [-0.1, -0.05) is 12.1 Å². The van der Waals surface area contributed by atoms with Gasteiger partial charge in [-0.15, -0.1) is 0 Å². The highest BCUT2D eigenvalue weighted by atomic mass is 19.1. The van der Waals surface area contributed by atoms with Crippen molar-refractivity contribution in [2.24, 2.45) is 0 Å². The van der Waals surface area contributed by atoms with E-state index in [4.69, 9.17) is 9.47 Å². The van der Waals surface area contributed by atoms with Gasteiger partial charge in [0.15, 0.2) is 29.1 Å². The Hall–Kier alpha value is -3.94. The lowest BCUT2D eigenvalue weighted by Gasteiger charge is -2.34. The zero-order chi connectivity index (χ0) is 21.4. The van der Waals surface area contributed by atoms with Crippen molar-refractivity contribution >= 4 is 5.97 Å². The molecule has 1 aliphatic rings. The molecule has 7 nitrogen and oxygen atoms in total. The van der Waals surface area contributed by atoms with E-state index in [0.29, 0.717) is 11.1 Å². The summed E-state index contributed by atoms with van der Waals surface area (Å²) < 4.78 is 24.6. The summed E-state index contributed by atoms with van der Waals surface area (Å²) in [6.07, 6.45) is -1.69. The second-order valence-corrected chi connectivity index (χ2v) is 6.86. The number of aromatic hydroxyl groups is 4. The summed E-state index contributed by atoms with van der Waals surface area (Å²) in [5.41, 5.74) is 1.01.